The summed E-state index contributed by atoms with van der Waals surface area (Å²) in [7, 11) is -1.91. The molecule has 0 aromatic heterocycles. The minimum absolute atomic E-state index is 0.107. The minimum atomic E-state index is -1.01. The second-order valence-corrected chi connectivity index (χ2v) is 15.1. The van der Waals surface area contributed by atoms with Crippen LogP contribution in [0, 0.1) is 23.9 Å². The summed E-state index contributed by atoms with van der Waals surface area (Å²) in [5.41, 5.74) is 7.51. The third-order valence-corrected chi connectivity index (χ3v) is 11.4. The van der Waals surface area contributed by atoms with Crippen molar-refractivity contribution >= 4 is 42.4 Å². The molecule has 0 bridgehead atoms. The van der Waals surface area contributed by atoms with Crippen molar-refractivity contribution in [2.75, 3.05) is 0 Å². The topological polar surface area (TPSA) is 0 Å². The maximum absolute atomic E-state index is 3.86. The lowest BCUT2D eigenvalue weighted by Gasteiger charge is -2.29. The zero-order valence-electron chi connectivity index (χ0n) is 24.3. The molecule has 0 N–H and O–H groups in total. The van der Waals surface area contributed by atoms with Crippen LogP contribution in [0.4, 0.5) is 0 Å². The van der Waals surface area contributed by atoms with E-state index in [9.17, 15) is 0 Å². The average Bonchev–Trinajstić information content (AvgIpc) is 3.00. The normalized spacial score (nSPS) is 12.7. The second-order valence-electron chi connectivity index (χ2n) is 11.1. The molecule has 5 rings (SSSR count). The van der Waals surface area contributed by atoms with Crippen LogP contribution in [-0.4, -0.2) is 0 Å². The molecule has 0 saturated carbocycles. The first-order valence-electron chi connectivity index (χ1n) is 14.1. The Bertz CT molecular complexity index is 1600. The predicted molar refractivity (Wildman–Crippen MR) is 184 cm³/mol. The Morgan fingerprint density at radius 1 is 0.488 bits per heavy atom. The van der Waals surface area contributed by atoms with Gasteiger partial charge in [0.1, 0.15) is 0 Å². The number of hydrogen-bond acceptors (Lipinski definition) is 0. The molecular weight excluding hydrogens is 530 g/mol. The van der Waals surface area contributed by atoms with Crippen LogP contribution in [0.25, 0.3) is 10.6 Å². The summed E-state index contributed by atoms with van der Waals surface area (Å²) in [4.78, 5) is 0. The predicted octanol–water partition coefficient (Wildman–Crippen LogP) is 9.77. The smallest absolute Gasteiger partial charge is 0.0357 e. The molecular formula is C39H36P2. The standard InChI is InChI=1S/C39H36P2/c1-31-25-27-33(28-26-31)37(40(30-29-39(2,3)4)34-19-11-6-12-20-34)38(32-17-9-5-10-18-32)41(35-21-13-7-14-22-35)36-23-15-8-16-24-36/h5-28H,1-4H3/b38-37-. The molecule has 0 amide bonds. The summed E-state index contributed by atoms with van der Waals surface area (Å²) in [5.74, 6) is 3.66. The van der Waals surface area contributed by atoms with E-state index in [-0.39, 0.29) is 5.41 Å². The van der Waals surface area contributed by atoms with Crippen molar-refractivity contribution in [2.24, 2.45) is 5.41 Å². The molecule has 2 heteroatoms. The Kier molecular flexibility index (Phi) is 9.32. The highest BCUT2D eigenvalue weighted by Crippen LogP contribution is 2.61. The highest BCUT2D eigenvalue weighted by atomic mass is 31.1. The summed E-state index contributed by atoms with van der Waals surface area (Å²) in [6, 6.07) is 53.0. The van der Waals surface area contributed by atoms with Gasteiger partial charge < -0.3 is 0 Å². The Balaban J connectivity index is 1.95. The molecule has 0 aliphatic rings. The SMILES string of the molecule is Cc1ccc(/C(=C(\c2ccccc2)P(c2ccccc2)c2ccccc2)P(C#CC(C)(C)C)c2ccccc2)cc1. The van der Waals surface area contributed by atoms with Gasteiger partial charge in [-0.3, -0.25) is 0 Å². The van der Waals surface area contributed by atoms with Crippen molar-refractivity contribution in [3.63, 3.8) is 0 Å². The summed E-state index contributed by atoms with van der Waals surface area (Å²) < 4.78 is 0. The number of benzene rings is 5. The van der Waals surface area contributed by atoms with Gasteiger partial charge in [0.15, 0.2) is 0 Å². The van der Waals surface area contributed by atoms with Gasteiger partial charge in [-0.15, -0.1) is 0 Å². The first kappa shape index (κ1) is 28.8. The van der Waals surface area contributed by atoms with Crippen LogP contribution < -0.4 is 15.9 Å². The molecule has 0 radical (unpaired) electrons. The van der Waals surface area contributed by atoms with Gasteiger partial charge in [-0.1, -0.05) is 163 Å². The molecule has 5 aromatic rings. The molecule has 1 atom stereocenters. The van der Waals surface area contributed by atoms with Crippen LogP contribution in [-0.2, 0) is 0 Å². The lowest BCUT2D eigenvalue weighted by molar-refractivity contribution is 0.571. The second kappa shape index (κ2) is 13.3. The van der Waals surface area contributed by atoms with Crippen LogP contribution in [0.3, 0.4) is 0 Å². The first-order chi connectivity index (χ1) is 19.9. The number of hydrogen-bond donors (Lipinski definition) is 0. The van der Waals surface area contributed by atoms with E-state index in [2.05, 4.69) is 185 Å². The van der Waals surface area contributed by atoms with E-state index in [0.29, 0.717) is 0 Å². The molecule has 0 aliphatic heterocycles. The van der Waals surface area contributed by atoms with E-state index in [1.54, 1.807) is 0 Å². The Morgan fingerprint density at radius 3 is 1.37 bits per heavy atom. The summed E-state index contributed by atoms with van der Waals surface area (Å²) in [6.45, 7) is 8.76. The molecule has 1 unspecified atom stereocenters. The number of aryl methyl sites for hydroxylation is 1. The molecule has 0 nitrogen and oxygen atoms in total. The van der Waals surface area contributed by atoms with Gasteiger partial charge in [0, 0.05) is 24.0 Å². The first-order valence-corrected chi connectivity index (χ1v) is 16.7. The summed E-state index contributed by atoms with van der Waals surface area (Å²) >= 11 is 0. The minimum Gasteiger partial charge on any atom is -0.0920 e. The fourth-order valence-electron chi connectivity index (χ4n) is 4.66. The van der Waals surface area contributed by atoms with Crippen LogP contribution in [0.15, 0.2) is 146 Å². The van der Waals surface area contributed by atoms with Gasteiger partial charge in [0.2, 0.25) is 0 Å². The molecule has 0 saturated heterocycles. The van der Waals surface area contributed by atoms with E-state index >= 15 is 0 Å². The summed E-state index contributed by atoms with van der Waals surface area (Å²) in [6.07, 6.45) is 0. The molecule has 0 aliphatic carbocycles. The van der Waals surface area contributed by atoms with E-state index in [1.165, 1.54) is 43.2 Å². The van der Waals surface area contributed by atoms with Crippen molar-refractivity contribution < 1.29 is 0 Å². The number of rotatable bonds is 7. The van der Waals surface area contributed by atoms with Crippen molar-refractivity contribution in [2.45, 2.75) is 27.7 Å². The van der Waals surface area contributed by atoms with Gasteiger partial charge in [-0.2, -0.15) is 0 Å². The van der Waals surface area contributed by atoms with Gasteiger partial charge >= 0.3 is 0 Å². The quantitative estimate of drug-likeness (QED) is 0.105. The largest absolute Gasteiger partial charge is 0.0920 e. The molecule has 202 valence electrons. The molecule has 41 heavy (non-hydrogen) atoms. The lowest BCUT2D eigenvalue weighted by Crippen LogP contribution is -2.14. The van der Waals surface area contributed by atoms with E-state index in [0.717, 1.165) is 0 Å². The fourth-order valence-corrected chi connectivity index (χ4v) is 9.93. The zero-order valence-corrected chi connectivity index (χ0v) is 26.0. The van der Waals surface area contributed by atoms with Gasteiger partial charge in [0.25, 0.3) is 0 Å². The molecule has 0 fully saturated rings. The van der Waals surface area contributed by atoms with Crippen molar-refractivity contribution in [3.05, 3.63) is 162 Å². The van der Waals surface area contributed by atoms with Crippen molar-refractivity contribution in [3.8, 4) is 11.6 Å². The van der Waals surface area contributed by atoms with Crippen LogP contribution in [0.1, 0.15) is 37.5 Å². The Labute approximate surface area is 248 Å². The molecule has 0 heterocycles. The van der Waals surface area contributed by atoms with Crippen LogP contribution >= 0.6 is 15.8 Å². The van der Waals surface area contributed by atoms with E-state index < -0.39 is 15.8 Å². The van der Waals surface area contributed by atoms with E-state index in [1.807, 2.05) is 0 Å². The Hall–Kier alpha value is -3.74. The van der Waals surface area contributed by atoms with Crippen LogP contribution in [0.2, 0.25) is 0 Å². The maximum Gasteiger partial charge on any atom is 0.0357 e. The molecule has 0 spiro atoms. The zero-order chi connectivity index (χ0) is 28.7. The maximum atomic E-state index is 3.86. The third kappa shape index (κ3) is 7.32. The Morgan fingerprint density at radius 2 is 0.902 bits per heavy atom. The van der Waals surface area contributed by atoms with Gasteiger partial charge in [-0.25, -0.2) is 0 Å². The highest BCUT2D eigenvalue weighted by molar-refractivity contribution is 7.87. The molecule has 5 aromatic carbocycles. The monoisotopic (exact) mass is 566 g/mol. The van der Waals surface area contributed by atoms with Crippen molar-refractivity contribution in [1.29, 1.82) is 0 Å². The van der Waals surface area contributed by atoms with E-state index in [4.69, 9.17) is 0 Å². The van der Waals surface area contributed by atoms with Gasteiger partial charge in [0.05, 0.1) is 0 Å². The summed E-state index contributed by atoms with van der Waals surface area (Å²) in [5, 5.41) is 6.67. The lowest BCUT2D eigenvalue weighted by atomic mass is 9.99. The third-order valence-electron chi connectivity index (χ3n) is 6.63. The average molecular weight is 567 g/mol. The van der Waals surface area contributed by atoms with Crippen LogP contribution in [0.5, 0.6) is 0 Å². The highest BCUT2D eigenvalue weighted by Gasteiger charge is 2.29. The van der Waals surface area contributed by atoms with Crippen molar-refractivity contribution in [1.82, 2.24) is 0 Å². The fraction of sp³-hybridized carbons (Fsp3) is 0.128. The van der Waals surface area contributed by atoms with Gasteiger partial charge in [-0.05, 0) is 62.7 Å².